The zero-order valence-electron chi connectivity index (χ0n) is 15.3. The molecule has 28 heavy (non-hydrogen) atoms. The molecule has 1 aliphatic rings. The van der Waals surface area contributed by atoms with Crippen molar-refractivity contribution in [1.29, 1.82) is 0 Å². The van der Waals surface area contributed by atoms with Crippen molar-refractivity contribution in [1.82, 2.24) is 19.5 Å². The summed E-state index contributed by atoms with van der Waals surface area (Å²) in [6, 6.07) is 14.6. The number of morpholine rings is 1. The highest BCUT2D eigenvalue weighted by atomic mass is 32.2. The van der Waals surface area contributed by atoms with Crippen LogP contribution in [0.1, 0.15) is 0 Å². The number of aromatic nitrogens is 3. The van der Waals surface area contributed by atoms with Crippen LogP contribution in [0.2, 0.25) is 0 Å². The van der Waals surface area contributed by atoms with Gasteiger partial charge in [-0.05, 0) is 18.2 Å². The molecule has 0 atom stereocenters. The smallest absolute Gasteiger partial charge is 0.246 e. The Morgan fingerprint density at radius 1 is 1.00 bits per heavy atom. The molecule has 1 N–H and O–H groups in total. The number of ether oxygens (including phenoxy) is 2. The van der Waals surface area contributed by atoms with E-state index in [4.69, 9.17) is 9.47 Å². The van der Waals surface area contributed by atoms with Gasteiger partial charge in [-0.15, -0.1) is 10.2 Å². The number of methoxy groups -OCH3 is 1. The summed E-state index contributed by atoms with van der Waals surface area (Å²) in [5.41, 5.74) is 1.51. The van der Waals surface area contributed by atoms with Crippen molar-refractivity contribution in [3.05, 3.63) is 48.5 Å². The Kier molecular flexibility index (Phi) is 5.12. The van der Waals surface area contributed by atoms with Crippen LogP contribution in [0.25, 0.3) is 22.8 Å². The fourth-order valence-electron chi connectivity index (χ4n) is 3.07. The molecule has 8 nitrogen and oxygen atoms in total. The predicted molar refractivity (Wildman–Crippen MR) is 103 cm³/mol. The number of nitrogens with zero attached hydrogens (tertiary/aromatic N) is 3. The second kappa shape index (κ2) is 7.70. The maximum Gasteiger partial charge on any atom is 0.246 e. The molecule has 1 fully saturated rings. The van der Waals surface area contributed by atoms with E-state index >= 15 is 0 Å². The highest BCUT2D eigenvalue weighted by molar-refractivity contribution is 7.89. The fraction of sp³-hybridized carbons (Fsp3) is 0.263. The molecule has 0 saturated carbocycles. The van der Waals surface area contributed by atoms with E-state index in [-0.39, 0.29) is 10.6 Å². The molecule has 2 aromatic carbocycles. The number of hydrogen-bond donors (Lipinski definition) is 1. The topological polar surface area (TPSA) is 97.4 Å². The van der Waals surface area contributed by atoms with Gasteiger partial charge in [0.2, 0.25) is 10.0 Å². The molecule has 0 radical (unpaired) electrons. The monoisotopic (exact) mass is 400 g/mol. The van der Waals surface area contributed by atoms with E-state index in [1.165, 1.54) is 11.4 Å². The molecule has 1 saturated heterocycles. The van der Waals surface area contributed by atoms with Crippen molar-refractivity contribution >= 4 is 10.0 Å². The van der Waals surface area contributed by atoms with E-state index in [1.807, 2.05) is 30.3 Å². The van der Waals surface area contributed by atoms with Crippen LogP contribution in [-0.2, 0) is 14.8 Å². The first-order valence-corrected chi connectivity index (χ1v) is 10.3. The number of nitrogens with one attached hydrogen (secondary N) is 1. The van der Waals surface area contributed by atoms with Crippen molar-refractivity contribution < 1.29 is 17.9 Å². The van der Waals surface area contributed by atoms with Crippen molar-refractivity contribution in [2.24, 2.45) is 0 Å². The second-order valence-corrected chi connectivity index (χ2v) is 8.18. The maximum atomic E-state index is 13.1. The predicted octanol–water partition coefficient (Wildman–Crippen LogP) is 2.17. The van der Waals surface area contributed by atoms with Gasteiger partial charge >= 0.3 is 0 Å². The van der Waals surface area contributed by atoms with E-state index in [1.54, 1.807) is 18.2 Å². The van der Waals surface area contributed by atoms with Gasteiger partial charge < -0.3 is 14.5 Å². The van der Waals surface area contributed by atoms with E-state index in [0.29, 0.717) is 43.5 Å². The van der Waals surface area contributed by atoms with E-state index in [9.17, 15) is 8.42 Å². The van der Waals surface area contributed by atoms with E-state index < -0.39 is 10.0 Å². The lowest BCUT2D eigenvalue weighted by Gasteiger charge is -2.26. The summed E-state index contributed by atoms with van der Waals surface area (Å²) in [6.07, 6.45) is 0. The SMILES string of the molecule is COc1ccc(-c2nnc(-c3ccccc3)[nH]2)cc1S(=O)(=O)N1CCOCC1. The quantitative estimate of drug-likeness (QED) is 0.705. The van der Waals surface area contributed by atoms with Gasteiger partial charge in [-0.2, -0.15) is 4.31 Å². The van der Waals surface area contributed by atoms with E-state index in [2.05, 4.69) is 15.2 Å². The number of rotatable bonds is 5. The Morgan fingerprint density at radius 2 is 1.68 bits per heavy atom. The van der Waals surface area contributed by atoms with Crippen molar-refractivity contribution in [2.75, 3.05) is 33.4 Å². The van der Waals surface area contributed by atoms with Crippen molar-refractivity contribution in [2.45, 2.75) is 4.90 Å². The van der Waals surface area contributed by atoms with Crippen molar-refractivity contribution in [3.8, 4) is 28.5 Å². The summed E-state index contributed by atoms with van der Waals surface area (Å²) >= 11 is 0. The highest BCUT2D eigenvalue weighted by Crippen LogP contribution is 2.31. The summed E-state index contributed by atoms with van der Waals surface area (Å²) in [5, 5.41) is 8.35. The van der Waals surface area contributed by atoms with Crippen LogP contribution in [0.3, 0.4) is 0 Å². The third-order valence-corrected chi connectivity index (χ3v) is 6.48. The van der Waals surface area contributed by atoms with Crippen LogP contribution < -0.4 is 4.74 Å². The number of aromatic amines is 1. The standard InChI is InChI=1S/C19H20N4O4S/c1-26-16-8-7-15(13-17(16)28(24,25)23-9-11-27-12-10-23)19-20-18(21-22-19)14-5-3-2-4-6-14/h2-8,13H,9-12H2,1H3,(H,20,21,22). The van der Waals surface area contributed by atoms with Gasteiger partial charge in [0.25, 0.3) is 0 Å². The molecule has 0 bridgehead atoms. The lowest BCUT2D eigenvalue weighted by molar-refractivity contribution is 0.0729. The largest absolute Gasteiger partial charge is 0.495 e. The zero-order chi connectivity index (χ0) is 19.6. The van der Waals surface area contributed by atoms with Crippen LogP contribution in [0.5, 0.6) is 5.75 Å². The van der Waals surface area contributed by atoms with Crippen LogP contribution >= 0.6 is 0 Å². The average molecular weight is 400 g/mol. The van der Waals surface area contributed by atoms with Crippen LogP contribution in [0.15, 0.2) is 53.4 Å². The minimum absolute atomic E-state index is 0.104. The number of hydrogen-bond acceptors (Lipinski definition) is 6. The Balaban J connectivity index is 1.72. The minimum atomic E-state index is -3.71. The normalized spacial score (nSPS) is 15.5. The van der Waals surface area contributed by atoms with Gasteiger partial charge in [0, 0.05) is 24.2 Å². The Morgan fingerprint density at radius 3 is 2.36 bits per heavy atom. The molecule has 0 aliphatic carbocycles. The number of sulfonamides is 1. The molecule has 1 aromatic heterocycles. The second-order valence-electron chi connectivity index (χ2n) is 6.27. The molecule has 146 valence electrons. The molecule has 9 heteroatoms. The molecule has 0 unspecified atom stereocenters. The molecule has 0 amide bonds. The van der Waals surface area contributed by atoms with E-state index in [0.717, 1.165) is 5.56 Å². The third kappa shape index (κ3) is 3.51. The molecular formula is C19H20N4O4S. The molecule has 1 aliphatic heterocycles. The zero-order valence-corrected chi connectivity index (χ0v) is 16.1. The lowest BCUT2D eigenvalue weighted by atomic mass is 10.2. The lowest BCUT2D eigenvalue weighted by Crippen LogP contribution is -2.40. The minimum Gasteiger partial charge on any atom is -0.495 e. The fourth-order valence-corrected chi connectivity index (χ4v) is 4.66. The van der Waals surface area contributed by atoms with Gasteiger partial charge in [-0.1, -0.05) is 30.3 Å². The molecule has 2 heterocycles. The molecule has 4 rings (SSSR count). The third-order valence-electron chi connectivity index (χ3n) is 4.56. The summed E-state index contributed by atoms with van der Waals surface area (Å²) in [6.45, 7) is 1.39. The molecular weight excluding hydrogens is 380 g/mol. The van der Waals surface area contributed by atoms with Gasteiger partial charge in [0.15, 0.2) is 11.6 Å². The molecule has 0 spiro atoms. The Bertz CT molecular complexity index is 1060. The van der Waals surface area contributed by atoms with Crippen LogP contribution in [0.4, 0.5) is 0 Å². The highest BCUT2D eigenvalue weighted by Gasteiger charge is 2.29. The number of H-pyrrole nitrogens is 1. The first-order valence-electron chi connectivity index (χ1n) is 8.84. The summed E-state index contributed by atoms with van der Waals surface area (Å²) in [5.74, 6) is 1.39. The first kappa shape index (κ1) is 18.6. The summed E-state index contributed by atoms with van der Waals surface area (Å²) in [4.78, 5) is 3.25. The van der Waals surface area contributed by atoms with Crippen molar-refractivity contribution in [3.63, 3.8) is 0 Å². The average Bonchev–Trinajstić information content (AvgIpc) is 3.25. The Labute approximate surface area is 163 Å². The summed E-state index contributed by atoms with van der Waals surface area (Å²) in [7, 11) is -2.26. The van der Waals surface area contributed by atoms with Crippen LogP contribution in [0, 0.1) is 0 Å². The van der Waals surface area contributed by atoms with Gasteiger partial charge in [-0.3, -0.25) is 0 Å². The number of benzene rings is 2. The van der Waals surface area contributed by atoms with Gasteiger partial charge in [-0.25, -0.2) is 8.42 Å². The summed E-state index contributed by atoms with van der Waals surface area (Å²) < 4.78 is 38.2. The Hall–Kier alpha value is -2.75. The molecule has 3 aromatic rings. The maximum absolute atomic E-state index is 13.1. The van der Waals surface area contributed by atoms with Gasteiger partial charge in [0.05, 0.1) is 20.3 Å². The van der Waals surface area contributed by atoms with Gasteiger partial charge in [0.1, 0.15) is 10.6 Å². The first-order chi connectivity index (χ1) is 13.6. The van der Waals surface area contributed by atoms with Crippen LogP contribution in [-0.4, -0.2) is 61.3 Å².